The molecule has 2 aliphatic rings. The number of nitrogens with zero attached hydrogens (tertiary/aromatic N) is 2. The van der Waals surface area contributed by atoms with Crippen LogP contribution in [0.25, 0.3) is 0 Å². The van der Waals surface area contributed by atoms with Crippen molar-refractivity contribution < 1.29 is 19.2 Å². The van der Waals surface area contributed by atoms with Crippen LogP contribution in [0.15, 0.2) is 22.3 Å². The summed E-state index contributed by atoms with van der Waals surface area (Å²) < 4.78 is 0. The lowest BCUT2D eigenvalue weighted by atomic mass is 9.79. The number of Topliss-reactive ketones (excluding diaryl/α,β-unsaturated/α-hetero) is 2. The lowest BCUT2D eigenvalue weighted by Gasteiger charge is -2.38. The van der Waals surface area contributed by atoms with Crippen molar-refractivity contribution in [3.63, 3.8) is 0 Å². The molecule has 2 rings (SSSR count). The number of ketones is 2. The van der Waals surface area contributed by atoms with Crippen LogP contribution in [0.4, 0.5) is 0 Å². The van der Waals surface area contributed by atoms with E-state index >= 15 is 0 Å². The third-order valence-electron chi connectivity index (χ3n) is 5.90. The van der Waals surface area contributed by atoms with Crippen LogP contribution in [0.3, 0.4) is 0 Å². The van der Waals surface area contributed by atoms with Gasteiger partial charge < -0.3 is 9.80 Å². The molecule has 0 N–H and O–H groups in total. The Balaban J connectivity index is 2.04. The van der Waals surface area contributed by atoms with Crippen LogP contribution in [-0.4, -0.2) is 59.4 Å². The maximum atomic E-state index is 13.0. The monoisotopic (exact) mass is 374 g/mol. The zero-order valence-electron chi connectivity index (χ0n) is 17.3. The minimum absolute atomic E-state index is 0.0296. The third-order valence-corrected chi connectivity index (χ3v) is 5.90. The fourth-order valence-corrected chi connectivity index (χ4v) is 3.65. The first-order chi connectivity index (χ1) is 12.5. The highest BCUT2D eigenvalue weighted by molar-refractivity contribution is 6.24. The van der Waals surface area contributed by atoms with Crippen LogP contribution in [0.5, 0.6) is 0 Å². The second-order valence-electron chi connectivity index (χ2n) is 8.19. The number of hydrogen-bond donors (Lipinski definition) is 0. The predicted molar refractivity (Wildman–Crippen MR) is 103 cm³/mol. The summed E-state index contributed by atoms with van der Waals surface area (Å²) in [6.45, 7) is 12.5. The summed E-state index contributed by atoms with van der Waals surface area (Å²) in [6.07, 6.45) is 0.907. The minimum Gasteiger partial charge on any atom is -0.339 e. The molecule has 27 heavy (non-hydrogen) atoms. The molecule has 1 fully saturated rings. The van der Waals surface area contributed by atoms with Gasteiger partial charge in [-0.3, -0.25) is 19.2 Å². The fourth-order valence-electron chi connectivity index (χ4n) is 3.65. The second-order valence-corrected chi connectivity index (χ2v) is 8.19. The van der Waals surface area contributed by atoms with Crippen molar-refractivity contribution in [1.82, 2.24) is 9.80 Å². The van der Waals surface area contributed by atoms with Gasteiger partial charge in [-0.15, -0.1) is 0 Å². The van der Waals surface area contributed by atoms with Crippen LogP contribution in [0.1, 0.15) is 54.4 Å². The van der Waals surface area contributed by atoms with Crippen LogP contribution < -0.4 is 0 Å². The summed E-state index contributed by atoms with van der Waals surface area (Å²) in [5.74, 6) is -0.0977. The van der Waals surface area contributed by atoms with Crippen molar-refractivity contribution >= 4 is 23.4 Å². The summed E-state index contributed by atoms with van der Waals surface area (Å²) in [4.78, 5) is 52.8. The molecule has 148 valence electrons. The van der Waals surface area contributed by atoms with Crippen molar-refractivity contribution in [2.45, 2.75) is 54.4 Å². The molecule has 0 aromatic rings. The summed E-state index contributed by atoms with van der Waals surface area (Å²) in [7, 11) is 0. The summed E-state index contributed by atoms with van der Waals surface area (Å²) in [5.41, 5.74) is 1.41. The summed E-state index contributed by atoms with van der Waals surface area (Å²) >= 11 is 0. The maximum absolute atomic E-state index is 13.0. The Morgan fingerprint density at radius 1 is 0.852 bits per heavy atom. The molecule has 0 spiro atoms. The largest absolute Gasteiger partial charge is 0.339 e. The van der Waals surface area contributed by atoms with E-state index in [9.17, 15) is 19.2 Å². The summed E-state index contributed by atoms with van der Waals surface area (Å²) in [5, 5.41) is 0. The molecule has 1 aliphatic carbocycles. The first-order valence-electron chi connectivity index (χ1n) is 9.49. The molecule has 1 heterocycles. The van der Waals surface area contributed by atoms with E-state index in [4.69, 9.17) is 0 Å². The molecule has 6 heteroatoms. The van der Waals surface area contributed by atoms with Crippen molar-refractivity contribution in [3.05, 3.63) is 22.3 Å². The van der Waals surface area contributed by atoms with Crippen molar-refractivity contribution in [1.29, 1.82) is 0 Å². The number of carbonyl (C=O) groups excluding carboxylic acids is 4. The van der Waals surface area contributed by atoms with E-state index < -0.39 is 5.41 Å². The molecular formula is C21H30N2O4. The zero-order chi connectivity index (χ0) is 20.5. The van der Waals surface area contributed by atoms with Gasteiger partial charge in [-0.2, -0.15) is 0 Å². The van der Waals surface area contributed by atoms with E-state index in [1.54, 1.807) is 30.6 Å². The van der Waals surface area contributed by atoms with Gasteiger partial charge in [0.25, 0.3) is 0 Å². The predicted octanol–water partition coefficient (Wildman–Crippen LogP) is 2.29. The van der Waals surface area contributed by atoms with Crippen molar-refractivity contribution in [2.75, 3.05) is 26.2 Å². The topological polar surface area (TPSA) is 74.8 Å². The standard InChI is InChI=1S/C21H30N2O4/c1-13-14(2)19(26)17(15(3)18(13)25)7-8-21(5,6)20(27)23-11-9-22(10-12-23)16(4)24/h7-12H2,1-6H3. The van der Waals surface area contributed by atoms with E-state index in [2.05, 4.69) is 0 Å². The van der Waals surface area contributed by atoms with Gasteiger partial charge in [0.05, 0.1) is 0 Å². The molecule has 1 aliphatic heterocycles. The number of carbonyl (C=O) groups is 4. The molecule has 2 amide bonds. The Morgan fingerprint density at radius 2 is 1.33 bits per heavy atom. The van der Waals surface area contributed by atoms with Gasteiger partial charge in [-0.05, 0) is 33.6 Å². The number of allylic oxidation sites excluding steroid dienone is 4. The van der Waals surface area contributed by atoms with Crippen molar-refractivity contribution in [3.8, 4) is 0 Å². The van der Waals surface area contributed by atoms with E-state index in [1.807, 2.05) is 13.8 Å². The first-order valence-corrected chi connectivity index (χ1v) is 9.49. The molecule has 6 nitrogen and oxygen atoms in total. The lowest BCUT2D eigenvalue weighted by molar-refractivity contribution is -0.145. The van der Waals surface area contributed by atoms with Gasteiger partial charge >= 0.3 is 0 Å². The molecular weight excluding hydrogens is 344 g/mol. The second kappa shape index (κ2) is 7.79. The zero-order valence-corrected chi connectivity index (χ0v) is 17.3. The SMILES string of the molecule is CC(=O)N1CCN(C(=O)C(C)(C)CCC2=C(C)C(=O)C(C)=C(C)C2=O)CC1. The number of rotatable bonds is 4. The normalized spacial score (nSPS) is 19.2. The Morgan fingerprint density at radius 3 is 1.85 bits per heavy atom. The van der Waals surface area contributed by atoms with E-state index in [-0.39, 0.29) is 23.4 Å². The Labute approximate surface area is 161 Å². The molecule has 0 saturated carbocycles. The fraction of sp³-hybridized carbons (Fsp3) is 0.619. The Hall–Kier alpha value is -2.24. The van der Waals surface area contributed by atoms with Crippen LogP contribution in [0.2, 0.25) is 0 Å². The average Bonchev–Trinajstić information content (AvgIpc) is 2.64. The highest BCUT2D eigenvalue weighted by Crippen LogP contribution is 2.32. The van der Waals surface area contributed by atoms with E-state index in [0.717, 1.165) is 0 Å². The Bertz CT molecular complexity index is 750. The Kier molecular flexibility index (Phi) is 6.07. The highest BCUT2D eigenvalue weighted by Gasteiger charge is 2.35. The van der Waals surface area contributed by atoms with Crippen LogP contribution >= 0.6 is 0 Å². The average molecular weight is 374 g/mol. The smallest absolute Gasteiger partial charge is 0.228 e. The van der Waals surface area contributed by atoms with Crippen molar-refractivity contribution in [2.24, 2.45) is 5.41 Å². The number of hydrogen-bond acceptors (Lipinski definition) is 4. The molecule has 0 unspecified atom stereocenters. The van der Waals surface area contributed by atoms with Gasteiger partial charge in [-0.1, -0.05) is 13.8 Å². The molecule has 0 bridgehead atoms. The quantitative estimate of drug-likeness (QED) is 0.708. The summed E-state index contributed by atoms with van der Waals surface area (Å²) in [6, 6.07) is 0. The molecule has 1 saturated heterocycles. The van der Waals surface area contributed by atoms with Gasteiger partial charge in [0.2, 0.25) is 11.8 Å². The van der Waals surface area contributed by atoms with Crippen LogP contribution in [-0.2, 0) is 19.2 Å². The lowest BCUT2D eigenvalue weighted by Crippen LogP contribution is -2.53. The van der Waals surface area contributed by atoms with Crippen LogP contribution in [0, 0.1) is 5.41 Å². The molecule has 0 aromatic carbocycles. The third kappa shape index (κ3) is 4.20. The minimum atomic E-state index is -0.640. The number of amides is 2. The van der Waals surface area contributed by atoms with Gasteiger partial charge in [0, 0.05) is 60.8 Å². The molecule has 0 radical (unpaired) electrons. The van der Waals surface area contributed by atoms with Gasteiger partial charge in [-0.25, -0.2) is 0 Å². The highest BCUT2D eigenvalue weighted by atomic mass is 16.2. The van der Waals surface area contributed by atoms with Gasteiger partial charge in [0.1, 0.15) is 0 Å². The molecule has 0 atom stereocenters. The maximum Gasteiger partial charge on any atom is 0.228 e. The van der Waals surface area contributed by atoms with E-state index in [1.165, 1.54) is 6.92 Å². The van der Waals surface area contributed by atoms with Gasteiger partial charge in [0.15, 0.2) is 11.6 Å². The van der Waals surface area contributed by atoms with E-state index in [0.29, 0.717) is 61.3 Å². The number of piperazine rings is 1. The molecule has 0 aromatic heterocycles. The first kappa shape index (κ1) is 21.1.